The Balaban J connectivity index is 1.52. The molecule has 0 saturated heterocycles. The molecule has 0 saturated carbocycles. The van der Waals surface area contributed by atoms with Gasteiger partial charge in [0.1, 0.15) is 11.5 Å². The van der Waals surface area contributed by atoms with Gasteiger partial charge in [-0.3, -0.25) is 9.59 Å². The van der Waals surface area contributed by atoms with Crippen molar-refractivity contribution in [3.63, 3.8) is 0 Å². The summed E-state index contributed by atoms with van der Waals surface area (Å²) in [4.78, 5) is 23.3. The van der Waals surface area contributed by atoms with Crippen molar-refractivity contribution in [3.8, 4) is 11.5 Å². The molecule has 0 atom stereocenters. The quantitative estimate of drug-likeness (QED) is 0.486. The van der Waals surface area contributed by atoms with Crippen LogP contribution in [0.25, 0.3) is 0 Å². The minimum atomic E-state index is -0.469. The fourth-order valence-corrected chi connectivity index (χ4v) is 2.36. The Bertz CT molecular complexity index is 700. The van der Waals surface area contributed by atoms with Gasteiger partial charge in [-0.1, -0.05) is 30.3 Å². The van der Waals surface area contributed by atoms with Gasteiger partial charge in [0, 0.05) is 6.54 Å². The molecular weight excluding hydrogens is 346 g/mol. The monoisotopic (exact) mass is 371 g/mol. The summed E-state index contributed by atoms with van der Waals surface area (Å²) in [6, 6.07) is 17.1. The summed E-state index contributed by atoms with van der Waals surface area (Å²) in [7, 11) is 1.59. The van der Waals surface area contributed by atoms with Crippen molar-refractivity contribution in [1.82, 2.24) is 5.32 Å². The molecule has 144 valence electrons. The molecular formula is C21H25NO5. The number of aryl methyl sites for hydroxylation is 1. The van der Waals surface area contributed by atoms with Crippen LogP contribution in [0.2, 0.25) is 0 Å². The lowest BCUT2D eigenvalue weighted by atomic mass is 10.1. The van der Waals surface area contributed by atoms with E-state index in [1.165, 1.54) is 5.56 Å². The average Bonchev–Trinajstić information content (AvgIpc) is 2.71. The maximum atomic E-state index is 11.7. The summed E-state index contributed by atoms with van der Waals surface area (Å²) < 4.78 is 15.4. The van der Waals surface area contributed by atoms with E-state index in [9.17, 15) is 9.59 Å². The molecule has 0 bridgehead atoms. The molecule has 0 aliphatic rings. The van der Waals surface area contributed by atoms with E-state index in [1.54, 1.807) is 31.4 Å². The zero-order chi connectivity index (χ0) is 19.3. The van der Waals surface area contributed by atoms with Crippen molar-refractivity contribution in [3.05, 3.63) is 60.2 Å². The van der Waals surface area contributed by atoms with E-state index in [0.29, 0.717) is 12.3 Å². The highest BCUT2D eigenvalue weighted by atomic mass is 16.5. The minimum absolute atomic E-state index is 0.0767. The van der Waals surface area contributed by atoms with Crippen LogP contribution in [0.1, 0.15) is 18.4 Å². The van der Waals surface area contributed by atoms with Crippen molar-refractivity contribution in [2.45, 2.75) is 19.3 Å². The third kappa shape index (κ3) is 8.27. The van der Waals surface area contributed by atoms with Crippen LogP contribution in [0.5, 0.6) is 11.5 Å². The van der Waals surface area contributed by atoms with E-state index in [4.69, 9.17) is 14.2 Å². The number of hydrogen-bond donors (Lipinski definition) is 1. The minimum Gasteiger partial charge on any atom is -0.497 e. The van der Waals surface area contributed by atoms with Crippen LogP contribution in [-0.4, -0.2) is 38.7 Å². The van der Waals surface area contributed by atoms with Gasteiger partial charge in [0.2, 0.25) is 0 Å². The first-order valence-corrected chi connectivity index (χ1v) is 8.90. The third-order valence-electron chi connectivity index (χ3n) is 3.81. The number of rotatable bonds is 11. The second-order valence-electron chi connectivity index (χ2n) is 5.87. The molecule has 0 aliphatic heterocycles. The molecule has 0 aliphatic carbocycles. The summed E-state index contributed by atoms with van der Waals surface area (Å²) in [6.07, 6.45) is 1.80. The van der Waals surface area contributed by atoms with Crippen molar-refractivity contribution in [2.24, 2.45) is 0 Å². The number of nitrogens with one attached hydrogen (secondary N) is 1. The van der Waals surface area contributed by atoms with Gasteiger partial charge in [-0.15, -0.1) is 0 Å². The van der Waals surface area contributed by atoms with Crippen molar-refractivity contribution < 1.29 is 23.8 Å². The van der Waals surface area contributed by atoms with E-state index in [-0.39, 0.29) is 25.5 Å². The highest BCUT2D eigenvalue weighted by molar-refractivity contribution is 5.80. The molecule has 0 heterocycles. The zero-order valence-electron chi connectivity index (χ0n) is 15.5. The molecule has 0 radical (unpaired) electrons. The Morgan fingerprint density at radius 1 is 0.963 bits per heavy atom. The Morgan fingerprint density at radius 2 is 1.67 bits per heavy atom. The van der Waals surface area contributed by atoms with E-state index in [0.717, 1.165) is 18.6 Å². The summed E-state index contributed by atoms with van der Waals surface area (Å²) in [5.74, 6) is 0.603. The van der Waals surface area contributed by atoms with E-state index in [1.807, 2.05) is 18.2 Å². The van der Waals surface area contributed by atoms with Crippen LogP contribution >= 0.6 is 0 Å². The Labute approximate surface area is 159 Å². The summed E-state index contributed by atoms with van der Waals surface area (Å²) >= 11 is 0. The highest BCUT2D eigenvalue weighted by Crippen LogP contribution is 2.17. The molecule has 27 heavy (non-hydrogen) atoms. The molecule has 0 spiro atoms. The normalized spacial score (nSPS) is 10.1. The number of methoxy groups -OCH3 is 1. The van der Waals surface area contributed by atoms with Crippen LogP contribution < -0.4 is 14.8 Å². The summed E-state index contributed by atoms with van der Waals surface area (Å²) in [6.45, 7) is 0.461. The molecule has 1 N–H and O–H groups in total. The SMILES string of the molecule is COc1ccc(OCCC(=O)OCC(=O)NCCCc2ccccc2)cc1. The van der Waals surface area contributed by atoms with E-state index in [2.05, 4.69) is 17.4 Å². The molecule has 2 aromatic carbocycles. The second-order valence-corrected chi connectivity index (χ2v) is 5.87. The topological polar surface area (TPSA) is 73.9 Å². The van der Waals surface area contributed by atoms with Gasteiger partial charge in [0.05, 0.1) is 20.1 Å². The zero-order valence-corrected chi connectivity index (χ0v) is 15.5. The molecule has 6 nitrogen and oxygen atoms in total. The van der Waals surface area contributed by atoms with Gasteiger partial charge in [0.25, 0.3) is 5.91 Å². The molecule has 0 unspecified atom stereocenters. The number of benzene rings is 2. The maximum Gasteiger partial charge on any atom is 0.309 e. The standard InChI is InChI=1S/C21H25NO5/c1-25-18-9-11-19(12-10-18)26-15-13-21(24)27-16-20(23)22-14-5-8-17-6-3-2-4-7-17/h2-4,6-7,9-12H,5,8,13-16H2,1H3,(H,22,23). The predicted molar refractivity (Wildman–Crippen MR) is 102 cm³/mol. The van der Waals surface area contributed by atoms with Crippen LogP contribution in [0.4, 0.5) is 0 Å². The fraction of sp³-hybridized carbons (Fsp3) is 0.333. The molecule has 2 rings (SSSR count). The van der Waals surface area contributed by atoms with Gasteiger partial charge in [-0.2, -0.15) is 0 Å². The van der Waals surface area contributed by atoms with Gasteiger partial charge < -0.3 is 19.5 Å². The molecule has 0 fully saturated rings. The van der Waals surface area contributed by atoms with E-state index < -0.39 is 5.97 Å². The lowest BCUT2D eigenvalue weighted by Gasteiger charge is -2.08. The number of hydrogen-bond acceptors (Lipinski definition) is 5. The first-order valence-electron chi connectivity index (χ1n) is 8.90. The Kier molecular flexibility index (Phi) is 8.69. The lowest BCUT2D eigenvalue weighted by Crippen LogP contribution is -2.30. The van der Waals surface area contributed by atoms with Crippen LogP contribution in [0.15, 0.2) is 54.6 Å². The largest absolute Gasteiger partial charge is 0.497 e. The number of ether oxygens (including phenoxy) is 3. The third-order valence-corrected chi connectivity index (χ3v) is 3.81. The summed E-state index contributed by atoms with van der Waals surface area (Å²) in [5, 5.41) is 2.74. The van der Waals surface area contributed by atoms with Crippen LogP contribution in [0, 0.1) is 0 Å². The van der Waals surface area contributed by atoms with Crippen molar-refractivity contribution >= 4 is 11.9 Å². The Hall–Kier alpha value is -3.02. The van der Waals surface area contributed by atoms with Gasteiger partial charge >= 0.3 is 5.97 Å². The van der Waals surface area contributed by atoms with Crippen molar-refractivity contribution in [2.75, 3.05) is 26.9 Å². The highest BCUT2D eigenvalue weighted by Gasteiger charge is 2.08. The smallest absolute Gasteiger partial charge is 0.309 e. The molecule has 6 heteroatoms. The first-order chi connectivity index (χ1) is 13.2. The summed E-state index contributed by atoms with van der Waals surface area (Å²) in [5.41, 5.74) is 1.23. The van der Waals surface area contributed by atoms with Crippen molar-refractivity contribution in [1.29, 1.82) is 0 Å². The fourth-order valence-electron chi connectivity index (χ4n) is 2.36. The first kappa shape index (κ1) is 20.3. The number of carbonyl (C=O) groups is 2. The number of esters is 1. The number of amides is 1. The Morgan fingerprint density at radius 3 is 2.37 bits per heavy atom. The van der Waals surface area contributed by atoms with Crippen LogP contribution in [-0.2, 0) is 20.7 Å². The number of carbonyl (C=O) groups excluding carboxylic acids is 2. The van der Waals surface area contributed by atoms with E-state index >= 15 is 0 Å². The lowest BCUT2D eigenvalue weighted by molar-refractivity contribution is -0.149. The molecule has 2 aromatic rings. The van der Waals surface area contributed by atoms with Gasteiger partial charge in [-0.25, -0.2) is 0 Å². The van der Waals surface area contributed by atoms with Gasteiger partial charge in [-0.05, 0) is 42.7 Å². The van der Waals surface area contributed by atoms with Crippen LogP contribution in [0.3, 0.4) is 0 Å². The average molecular weight is 371 g/mol. The molecule has 0 aromatic heterocycles. The predicted octanol–water partition coefficient (Wildman–Crippen LogP) is 2.76. The molecule has 1 amide bonds. The maximum absolute atomic E-state index is 11.7. The van der Waals surface area contributed by atoms with Gasteiger partial charge in [0.15, 0.2) is 6.61 Å². The second kappa shape index (κ2) is 11.6.